The first-order valence-electron chi connectivity index (χ1n) is 9.63. The molecule has 1 fully saturated rings. The number of benzene rings is 2. The number of anilines is 1. The fraction of sp³-hybridized carbons (Fsp3) is 0.364. The van der Waals surface area contributed by atoms with Crippen molar-refractivity contribution < 1.29 is 14.3 Å². The van der Waals surface area contributed by atoms with Gasteiger partial charge in [-0.3, -0.25) is 9.59 Å². The van der Waals surface area contributed by atoms with Gasteiger partial charge in [0.1, 0.15) is 5.75 Å². The van der Waals surface area contributed by atoms with Crippen molar-refractivity contribution in [2.45, 2.75) is 19.4 Å². The van der Waals surface area contributed by atoms with Crippen LogP contribution in [0.15, 0.2) is 54.6 Å². The van der Waals surface area contributed by atoms with Gasteiger partial charge in [-0.15, -0.1) is 0 Å². The van der Waals surface area contributed by atoms with E-state index in [4.69, 9.17) is 4.74 Å². The standard InChI is InChI=1S/C22H27N3O3/c1-28-20-10-6-5-9-19(20)24-13-15-25(16-14-24)22(27)12-11-21(26)23-17-18-7-3-2-4-8-18/h2-10H,11-17H2,1H3,(H,23,26). The molecule has 6 nitrogen and oxygen atoms in total. The Hall–Kier alpha value is -3.02. The predicted molar refractivity (Wildman–Crippen MR) is 109 cm³/mol. The van der Waals surface area contributed by atoms with Gasteiger partial charge in [0.25, 0.3) is 0 Å². The molecule has 1 aliphatic rings. The fourth-order valence-electron chi connectivity index (χ4n) is 3.35. The van der Waals surface area contributed by atoms with Gasteiger partial charge in [0.15, 0.2) is 0 Å². The molecular formula is C22H27N3O3. The Morgan fingerprint density at radius 3 is 2.32 bits per heavy atom. The molecule has 0 aromatic heterocycles. The first-order valence-corrected chi connectivity index (χ1v) is 9.63. The molecule has 2 amide bonds. The van der Waals surface area contributed by atoms with Crippen LogP contribution in [0.25, 0.3) is 0 Å². The summed E-state index contributed by atoms with van der Waals surface area (Å²) in [6.07, 6.45) is 0.466. The summed E-state index contributed by atoms with van der Waals surface area (Å²) in [5, 5.41) is 2.87. The highest BCUT2D eigenvalue weighted by Crippen LogP contribution is 2.28. The first kappa shape index (κ1) is 19.7. The van der Waals surface area contributed by atoms with E-state index < -0.39 is 0 Å². The first-order chi connectivity index (χ1) is 13.7. The summed E-state index contributed by atoms with van der Waals surface area (Å²) >= 11 is 0. The number of carbonyl (C=O) groups is 2. The molecule has 6 heteroatoms. The van der Waals surface area contributed by atoms with Crippen LogP contribution < -0.4 is 15.0 Å². The van der Waals surface area contributed by atoms with Crippen molar-refractivity contribution in [1.29, 1.82) is 0 Å². The summed E-state index contributed by atoms with van der Waals surface area (Å²) in [7, 11) is 1.67. The lowest BCUT2D eigenvalue weighted by atomic mass is 10.2. The lowest BCUT2D eigenvalue weighted by molar-refractivity contribution is -0.133. The van der Waals surface area contributed by atoms with Gasteiger partial charge in [-0.2, -0.15) is 0 Å². The number of para-hydroxylation sites is 2. The molecule has 0 unspecified atom stereocenters. The van der Waals surface area contributed by atoms with Crippen LogP contribution in [0.1, 0.15) is 18.4 Å². The lowest BCUT2D eigenvalue weighted by Gasteiger charge is -2.36. The van der Waals surface area contributed by atoms with Crippen LogP contribution in [0.3, 0.4) is 0 Å². The van der Waals surface area contributed by atoms with Crippen molar-refractivity contribution in [3.8, 4) is 5.75 Å². The molecule has 2 aromatic rings. The highest BCUT2D eigenvalue weighted by atomic mass is 16.5. The molecule has 0 saturated carbocycles. The molecule has 3 rings (SSSR count). The van der Waals surface area contributed by atoms with Crippen LogP contribution in [-0.4, -0.2) is 50.0 Å². The topological polar surface area (TPSA) is 61.9 Å². The second-order valence-electron chi connectivity index (χ2n) is 6.80. The SMILES string of the molecule is COc1ccccc1N1CCN(C(=O)CCC(=O)NCc2ccccc2)CC1. The minimum atomic E-state index is -0.0927. The zero-order valence-electron chi connectivity index (χ0n) is 16.3. The summed E-state index contributed by atoms with van der Waals surface area (Å²) in [5.41, 5.74) is 2.10. The third-order valence-electron chi connectivity index (χ3n) is 4.96. The van der Waals surface area contributed by atoms with Crippen molar-refractivity contribution in [3.05, 3.63) is 60.2 Å². The van der Waals surface area contributed by atoms with Gasteiger partial charge in [0.05, 0.1) is 12.8 Å². The van der Waals surface area contributed by atoms with Crippen LogP contribution in [0.4, 0.5) is 5.69 Å². The minimum Gasteiger partial charge on any atom is -0.495 e. The van der Waals surface area contributed by atoms with Gasteiger partial charge in [-0.1, -0.05) is 42.5 Å². The van der Waals surface area contributed by atoms with Crippen molar-refractivity contribution in [3.63, 3.8) is 0 Å². The average Bonchev–Trinajstić information content (AvgIpc) is 2.76. The van der Waals surface area contributed by atoms with Crippen LogP contribution in [0.5, 0.6) is 5.75 Å². The molecular weight excluding hydrogens is 354 g/mol. The predicted octanol–water partition coefficient (Wildman–Crippen LogP) is 2.44. The number of methoxy groups -OCH3 is 1. The molecule has 0 radical (unpaired) electrons. The number of nitrogens with zero attached hydrogens (tertiary/aromatic N) is 2. The second-order valence-corrected chi connectivity index (χ2v) is 6.80. The zero-order chi connectivity index (χ0) is 19.8. The smallest absolute Gasteiger partial charge is 0.223 e. The maximum absolute atomic E-state index is 12.4. The monoisotopic (exact) mass is 381 g/mol. The third-order valence-corrected chi connectivity index (χ3v) is 4.96. The van der Waals surface area contributed by atoms with Gasteiger partial charge in [0, 0.05) is 45.6 Å². The summed E-state index contributed by atoms with van der Waals surface area (Å²) in [6.45, 7) is 3.31. The van der Waals surface area contributed by atoms with Crippen molar-refractivity contribution in [2.24, 2.45) is 0 Å². The Balaban J connectivity index is 1.41. The molecule has 0 atom stereocenters. The van der Waals surface area contributed by atoms with Crippen molar-refractivity contribution in [2.75, 3.05) is 38.2 Å². The molecule has 1 aliphatic heterocycles. The van der Waals surface area contributed by atoms with E-state index in [0.29, 0.717) is 19.6 Å². The Morgan fingerprint density at radius 2 is 1.61 bits per heavy atom. The molecule has 1 N–H and O–H groups in total. The van der Waals surface area contributed by atoms with Crippen molar-refractivity contribution in [1.82, 2.24) is 10.2 Å². The highest BCUT2D eigenvalue weighted by molar-refractivity contribution is 5.84. The largest absolute Gasteiger partial charge is 0.495 e. The molecule has 0 bridgehead atoms. The Bertz CT molecular complexity index is 787. The number of amides is 2. The molecule has 2 aromatic carbocycles. The fourth-order valence-corrected chi connectivity index (χ4v) is 3.35. The van der Waals surface area contributed by atoms with Gasteiger partial charge in [-0.25, -0.2) is 0 Å². The molecule has 0 spiro atoms. The van der Waals surface area contributed by atoms with E-state index in [-0.39, 0.29) is 24.7 Å². The summed E-state index contributed by atoms with van der Waals surface area (Å²) in [5.74, 6) is 0.789. The number of hydrogen-bond donors (Lipinski definition) is 1. The Labute approximate surface area is 166 Å². The quantitative estimate of drug-likeness (QED) is 0.800. The summed E-state index contributed by atoms with van der Waals surface area (Å²) in [6, 6.07) is 17.7. The highest BCUT2D eigenvalue weighted by Gasteiger charge is 2.23. The van der Waals surface area contributed by atoms with Gasteiger partial charge in [0.2, 0.25) is 11.8 Å². The van der Waals surface area contributed by atoms with Crippen LogP contribution >= 0.6 is 0 Å². The maximum Gasteiger partial charge on any atom is 0.223 e. The van der Waals surface area contributed by atoms with E-state index in [1.165, 1.54) is 0 Å². The van der Waals surface area contributed by atoms with Gasteiger partial charge < -0.3 is 19.9 Å². The second kappa shape index (κ2) is 9.78. The lowest BCUT2D eigenvalue weighted by Crippen LogP contribution is -2.49. The zero-order valence-corrected chi connectivity index (χ0v) is 16.3. The van der Waals surface area contributed by atoms with Gasteiger partial charge in [-0.05, 0) is 17.7 Å². The van der Waals surface area contributed by atoms with Crippen molar-refractivity contribution >= 4 is 17.5 Å². The molecule has 148 valence electrons. The number of hydrogen-bond acceptors (Lipinski definition) is 4. The number of carbonyl (C=O) groups excluding carboxylic acids is 2. The molecule has 1 saturated heterocycles. The molecule has 1 heterocycles. The van der Waals surface area contributed by atoms with E-state index in [9.17, 15) is 9.59 Å². The Kier molecular flexibility index (Phi) is 6.89. The number of nitrogens with one attached hydrogen (secondary N) is 1. The van der Waals surface area contributed by atoms with E-state index in [1.54, 1.807) is 7.11 Å². The van der Waals surface area contributed by atoms with Crippen LogP contribution in [0, 0.1) is 0 Å². The summed E-state index contributed by atoms with van der Waals surface area (Å²) < 4.78 is 5.43. The van der Waals surface area contributed by atoms with E-state index in [0.717, 1.165) is 30.1 Å². The number of piperazine rings is 1. The molecule has 28 heavy (non-hydrogen) atoms. The number of rotatable bonds is 7. The summed E-state index contributed by atoms with van der Waals surface area (Å²) in [4.78, 5) is 28.5. The maximum atomic E-state index is 12.4. The van der Waals surface area contributed by atoms with E-state index >= 15 is 0 Å². The van der Waals surface area contributed by atoms with E-state index in [2.05, 4.69) is 10.2 Å². The normalized spacial score (nSPS) is 13.9. The number of ether oxygens (including phenoxy) is 1. The average molecular weight is 381 g/mol. The van der Waals surface area contributed by atoms with Crippen LogP contribution in [-0.2, 0) is 16.1 Å². The van der Waals surface area contributed by atoms with E-state index in [1.807, 2.05) is 59.5 Å². The molecule has 0 aliphatic carbocycles. The van der Waals surface area contributed by atoms with Gasteiger partial charge >= 0.3 is 0 Å². The third kappa shape index (κ3) is 5.25. The Morgan fingerprint density at radius 1 is 0.929 bits per heavy atom. The van der Waals surface area contributed by atoms with Crippen LogP contribution in [0.2, 0.25) is 0 Å². The minimum absolute atomic E-state index is 0.0366.